The van der Waals surface area contributed by atoms with Gasteiger partial charge in [0.2, 0.25) is 0 Å². The number of piperidine rings is 1. The smallest absolute Gasteiger partial charge is 0.310 e. The first-order chi connectivity index (χ1) is 9.20. The van der Waals surface area contributed by atoms with Crippen molar-refractivity contribution in [2.24, 2.45) is 5.92 Å². The van der Waals surface area contributed by atoms with E-state index in [0.29, 0.717) is 0 Å². The standard InChI is InChI=1S/C16H23NO2/c1-12-6-8-13(9-7-12)11-14(16(18)19-2)15-5-3-4-10-17-15/h6-9,14-15,17H,3-5,10-11H2,1-2H3/t14-,15+/m1/s1. The van der Waals surface area contributed by atoms with Gasteiger partial charge in [-0.2, -0.15) is 0 Å². The second-order valence-corrected chi connectivity index (χ2v) is 5.38. The summed E-state index contributed by atoms with van der Waals surface area (Å²) in [6, 6.07) is 8.65. The molecule has 1 aliphatic rings. The SMILES string of the molecule is COC(=O)[C@H](Cc1ccc(C)cc1)[C@@H]1CCCCN1. The van der Waals surface area contributed by atoms with Crippen LogP contribution in [0.15, 0.2) is 24.3 Å². The lowest BCUT2D eigenvalue weighted by Gasteiger charge is -2.29. The van der Waals surface area contributed by atoms with Crippen LogP contribution in [-0.2, 0) is 16.0 Å². The second kappa shape index (κ2) is 6.71. The first-order valence-electron chi connectivity index (χ1n) is 7.07. The van der Waals surface area contributed by atoms with Gasteiger partial charge in [0, 0.05) is 6.04 Å². The molecule has 0 aromatic heterocycles. The maximum atomic E-state index is 12.0. The number of carbonyl (C=O) groups is 1. The van der Waals surface area contributed by atoms with Crippen molar-refractivity contribution in [2.45, 2.75) is 38.6 Å². The summed E-state index contributed by atoms with van der Waals surface area (Å²) in [5.41, 5.74) is 2.45. The molecule has 0 bridgehead atoms. The zero-order chi connectivity index (χ0) is 13.7. The van der Waals surface area contributed by atoms with Crippen molar-refractivity contribution in [3.8, 4) is 0 Å². The van der Waals surface area contributed by atoms with Crippen LogP contribution in [0, 0.1) is 12.8 Å². The van der Waals surface area contributed by atoms with Crippen LogP contribution in [0.25, 0.3) is 0 Å². The summed E-state index contributed by atoms with van der Waals surface area (Å²) >= 11 is 0. The van der Waals surface area contributed by atoms with Crippen LogP contribution in [0.1, 0.15) is 30.4 Å². The highest BCUT2D eigenvalue weighted by Gasteiger charge is 2.30. The zero-order valence-corrected chi connectivity index (χ0v) is 11.8. The van der Waals surface area contributed by atoms with Crippen LogP contribution in [0.5, 0.6) is 0 Å². The van der Waals surface area contributed by atoms with E-state index in [-0.39, 0.29) is 17.9 Å². The van der Waals surface area contributed by atoms with Crippen molar-refractivity contribution in [3.63, 3.8) is 0 Å². The molecule has 0 aliphatic carbocycles. The highest BCUT2D eigenvalue weighted by Crippen LogP contribution is 2.21. The molecule has 104 valence electrons. The number of hydrogen-bond donors (Lipinski definition) is 1. The summed E-state index contributed by atoms with van der Waals surface area (Å²) < 4.78 is 4.98. The molecule has 1 aliphatic heterocycles. The summed E-state index contributed by atoms with van der Waals surface area (Å²) in [6.07, 6.45) is 4.21. The van der Waals surface area contributed by atoms with Crippen molar-refractivity contribution < 1.29 is 9.53 Å². The molecule has 3 heteroatoms. The Balaban J connectivity index is 2.08. The van der Waals surface area contributed by atoms with Gasteiger partial charge in [0.1, 0.15) is 0 Å². The van der Waals surface area contributed by atoms with Crippen LogP contribution in [0.2, 0.25) is 0 Å². The van der Waals surface area contributed by atoms with E-state index >= 15 is 0 Å². The van der Waals surface area contributed by atoms with Crippen LogP contribution >= 0.6 is 0 Å². The van der Waals surface area contributed by atoms with Crippen molar-refractivity contribution in [1.82, 2.24) is 5.32 Å². The number of aryl methyl sites for hydroxylation is 1. The van der Waals surface area contributed by atoms with E-state index in [1.165, 1.54) is 31.1 Å². The number of nitrogens with one attached hydrogen (secondary N) is 1. The average molecular weight is 261 g/mol. The molecule has 1 aromatic carbocycles. The van der Waals surface area contributed by atoms with E-state index in [2.05, 4.69) is 36.5 Å². The van der Waals surface area contributed by atoms with Gasteiger partial charge in [-0.05, 0) is 38.3 Å². The van der Waals surface area contributed by atoms with Gasteiger partial charge in [0.25, 0.3) is 0 Å². The summed E-state index contributed by atoms with van der Waals surface area (Å²) in [7, 11) is 1.48. The lowest BCUT2D eigenvalue weighted by Crippen LogP contribution is -2.44. The molecule has 0 radical (unpaired) electrons. The highest BCUT2D eigenvalue weighted by molar-refractivity contribution is 5.73. The fourth-order valence-corrected chi connectivity index (χ4v) is 2.74. The van der Waals surface area contributed by atoms with E-state index in [0.717, 1.165) is 19.4 Å². The minimum absolute atomic E-state index is 0.0759. The molecule has 0 spiro atoms. The summed E-state index contributed by atoms with van der Waals surface area (Å²) in [6.45, 7) is 3.08. The topological polar surface area (TPSA) is 38.3 Å². The third-order valence-corrected chi connectivity index (χ3v) is 3.91. The molecular weight excluding hydrogens is 238 g/mol. The Hall–Kier alpha value is -1.35. The van der Waals surface area contributed by atoms with E-state index in [1.54, 1.807) is 0 Å². The number of benzene rings is 1. The van der Waals surface area contributed by atoms with Gasteiger partial charge in [-0.25, -0.2) is 0 Å². The van der Waals surface area contributed by atoms with Gasteiger partial charge in [0.15, 0.2) is 0 Å². The molecule has 1 saturated heterocycles. The van der Waals surface area contributed by atoms with Crippen LogP contribution < -0.4 is 5.32 Å². The van der Waals surface area contributed by atoms with Gasteiger partial charge in [0.05, 0.1) is 13.0 Å². The van der Waals surface area contributed by atoms with Crippen molar-refractivity contribution in [3.05, 3.63) is 35.4 Å². The molecular formula is C16H23NO2. The summed E-state index contributed by atoms with van der Waals surface area (Å²) in [4.78, 5) is 12.0. The Kier molecular flexibility index (Phi) is 4.97. The van der Waals surface area contributed by atoms with Gasteiger partial charge in [-0.15, -0.1) is 0 Å². The van der Waals surface area contributed by atoms with Crippen molar-refractivity contribution >= 4 is 5.97 Å². The Bertz CT molecular complexity index is 407. The molecule has 3 nitrogen and oxygen atoms in total. The van der Waals surface area contributed by atoms with Crippen molar-refractivity contribution in [1.29, 1.82) is 0 Å². The van der Waals surface area contributed by atoms with Crippen LogP contribution in [0.3, 0.4) is 0 Å². The largest absolute Gasteiger partial charge is 0.469 e. The van der Waals surface area contributed by atoms with E-state index in [1.807, 2.05) is 0 Å². The molecule has 0 unspecified atom stereocenters. The van der Waals surface area contributed by atoms with E-state index < -0.39 is 0 Å². The molecule has 1 aromatic rings. The minimum Gasteiger partial charge on any atom is -0.469 e. The van der Waals surface area contributed by atoms with Crippen LogP contribution in [0.4, 0.5) is 0 Å². The maximum Gasteiger partial charge on any atom is 0.310 e. The summed E-state index contributed by atoms with van der Waals surface area (Å²) in [5.74, 6) is -0.173. The summed E-state index contributed by atoms with van der Waals surface area (Å²) in [5, 5.41) is 3.47. The van der Waals surface area contributed by atoms with Crippen LogP contribution in [-0.4, -0.2) is 25.7 Å². The minimum atomic E-state index is -0.0972. The predicted octanol–water partition coefficient (Wildman–Crippen LogP) is 2.47. The lowest BCUT2D eigenvalue weighted by molar-refractivity contribution is -0.146. The fraction of sp³-hybridized carbons (Fsp3) is 0.562. The zero-order valence-electron chi connectivity index (χ0n) is 11.8. The normalized spacial score (nSPS) is 20.8. The monoisotopic (exact) mass is 261 g/mol. The number of carbonyl (C=O) groups excluding carboxylic acids is 1. The Morgan fingerprint density at radius 3 is 2.68 bits per heavy atom. The van der Waals surface area contributed by atoms with E-state index in [4.69, 9.17) is 4.74 Å². The number of rotatable bonds is 4. The number of ether oxygens (including phenoxy) is 1. The molecule has 2 rings (SSSR count). The molecule has 1 heterocycles. The van der Waals surface area contributed by atoms with Gasteiger partial charge in [-0.3, -0.25) is 4.79 Å². The lowest BCUT2D eigenvalue weighted by atomic mass is 9.87. The molecule has 1 N–H and O–H groups in total. The average Bonchev–Trinajstić information content (AvgIpc) is 2.47. The molecule has 1 fully saturated rings. The van der Waals surface area contributed by atoms with Gasteiger partial charge >= 0.3 is 5.97 Å². The number of hydrogen-bond acceptors (Lipinski definition) is 3. The van der Waals surface area contributed by atoms with Gasteiger partial charge < -0.3 is 10.1 Å². The first kappa shape index (κ1) is 14.1. The molecule has 0 amide bonds. The molecule has 19 heavy (non-hydrogen) atoms. The quantitative estimate of drug-likeness (QED) is 0.846. The predicted molar refractivity (Wildman–Crippen MR) is 76.0 cm³/mol. The Morgan fingerprint density at radius 1 is 1.37 bits per heavy atom. The number of methoxy groups -OCH3 is 1. The number of esters is 1. The fourth-order valence-electron chi connectivity index (χ4n) is 2.74. The first-order valence-corrected chi connectivity index (χ1v) is 7.07. The second-order valence-electron chi connectivity index (χ2n) is 5.38. The maximum absolute atomic E-state index is 12.0. The van der Waals surface area contributed by atoms with Gasteiger partial charge in [-0.1, -0.05) is 36.2 Å². The van der Waals surface area contributed by atoms with E-state index in [9.17, 15) is 4.79 Å². The Labute approximate surface area is 115 Å². The molecule has 0 saturated carbocycles. The van der Waals surface area contributed by atoms with Crippen molar-refractivity contribution in [2.75, 3.05) is 13.7 Å². The third-order valence-electron chi connectivity index (χ3n) is 3.91. The Morgan fingerprint density at radius 2 is 2.11 bits per heavy atom. The third kappa shape index (κ3) is 3.80. The molecule has 2 atom stereocenters. The highest BCUT2D eigenvalue weighted by atomic mass is 16.5.